The Kier molecular flexibility index (Phi) is 18.1. The third-order valence-electron chi connectivity index (χ3n) is 7.27. The summed E-state index contributed by atoms with van der Waals surface area (Å²) in [5.74, 6) is -7.97. The van der Waals surface area contributed by atoms with Crippen LogP contribution in [0.4, 0.5) is 39.5 Å². The number of halogens is 9. The largest absolute Gasteiger partial charge is 0.490 e. The van der Waals surface area contributed by atoms with E-state index in [2.05, 4.69) is 58.4 Å². The number of carbonyl (C=O) groups excluding carboxylic acids is 1. The fraction of sp³-hybridized carbons (Fsp3) is 0.500. The Bertz CT molecular complexity index is 1370. The van der Waals surface area contributed by atoms with Gasteiger partial charge in [0.1, 0.15) is 0 Å². The quantitative estimate of drug-likeness (QED) is 0.216. The maximum atomic E-state index is 12.7. The van der Waals surface area contributed by atoms with Crippen LogP contribution in [0.25, 0.3) is 0 Å². The van der Waals surface area contributed by atoms with Crippen molar-refractivity contribution in [2.24, 2.45) is 0 Å². The molecule has 4 rings (SSSR count). The van der Waals surface area contributed by atoms with Gasteiger partial charge in [-0.25, -0.2) is 14.4 Å². The Morgan fingerprint density at radius 3 is 1.55 bits per heavy atom. The lowest BCUT2D eigenvalue weighted by molar-refractivity contribution is -0.193. The molecule has 4 N–H and O–H groups in total. The zero-order valence-corrected chi connectivity index (χ0v) is 27.3. The number of alkyl halides is 9. The van der Waals surface area contributed by atoms with E-state index < -0.39 is 36.4 Å². The number of Topliss-reactive ketones (excluding diaryl/α,β-unsaturated/α-hetero) is 1. The van der Waals surface area contributed by atoms with E-state index in [1.807, 2.05) is 6.07 Å². The zero-order valence-electron chi connectivity index (χ0n) is 27.3. The number of nitrogens with one attached hydrogen (secondary N) is 1. The molecule has 1 saturated heterocycles. The molecule has 2 aliphatic rings. The molecular weight excluding hydrogens is 709 g/mol. The highest BCUT2D eigenvalue weighted by molar-refractivity contribution is 5.96. The van der Waals surface area contributed by atoms with Crippen molar-refractivity contribution in [2.75, 3.05) is 45.8 Å². The molecular formula is C32H38F9N3O7. The van der Waals surface area contributed by atoms with Crippen LogP contribution < -0.4 is 5.32 Å². The number of rotatable bonds is 7. The second-order valence-electron chi connectivity index (χ2n) is 11.3. The zero-order chi connectivity index (χ0) is 39.0. The van der Waals surface area contributed by atoms with Gasteiger partial charge in [-0.05, 0) is 68.6 Å². The minimum atomic E-state index is -5.08. The van der Waals surface area contributed by atoms with E-state index >= 15 is 0 Å². The van der Waals surface area contributed by atoms with E-state index in [0.717, 1.165) is 77.2 Å². The molecule has 2 heterocycles. The summed E-state index contributed by atoms with van der Waals surface area (Å²) in [4.78, 5) is 44.4. The van der Waals surface area contributed by atoms with Crippen molar-refractivity contribution in [2.45, 2.75) is 57.7 Å². The predicted octanol–water partition coefficient (Wildman–Crippen LogP) is 5.36. The average Bonchev–Trinajstić information content (AvgIpc) is 3.27. The summed E-state index contributed by atoms with van der Waals surface area (Å²) in [6, 6.07) is 15.2. The van der Waals surface area contributed by atoms with Crippen molar-refractivity contribution >= 4 is 23.7 Å². The molecule has 0 radical (unpaired) electrons. The summed E-state index contributed by atoms with van der Waals surface area (Å²) >= 11 is 0. The molecule has 0 unspecified atom stereocenters. The first-order valence-electron chi connectivity index (χ1n) is 15.3. The van der Waals surface area contributed by atoms with Gasteiger partial charge in [0.15, 0.2) is 5.78 Å². The third kappa shape index (κ3) is 18.5. The molecule has 2 aliphatic heterocycles. The topological polar surface area (TPSA) is 147 Å². The van der Waals surface area contributed by atoms with Crippen LogP contribution in [0, 0.1) is 6.92 Å². The summed E-state index contributed by atoms with van der Waals surface area (Å²) in [6.45, 7) is 10.7. The van der Waals surface area contributed by atoms with Crippen molar-refractivity contribution in [1.29, 1.82) is 0 Å². The van der Waals surface area contributed by atoms with Gasteiger partial charge in [0, 0.05) is 44.7 Å². The maximum absolute atomic E-state index is 12.7. The number of ketones is 1. The van der Waals surface area contributed by atoms with Gasteiger partial charge in [-0.2, -0.15) is 39.5 Å². The molecule has 0 atom stereocenters. The first-order valence-corrected chi connectivity index (χ1v) is 15.3. The molecule has 1 fully saturated rings. The van der Waals surface area contributed by atoms with Crippen LogP contribution in [-0.2, 0) is 33.8 Å². The SMILES string of the molecule is Cc1ccc(CN2CCN(CCCC(=O)c3ccc4c(c3)CCNCC4)CC2)cc1.O=C(O)C(F)(F)F.O=C(O)C(F)(F)F.O=C(O)C(F)(F)F. The minimum Gasteiger partial charge on any atom is -0.475 e. The van der Waals surface area contributed by atoms with Gasteiger partial charge in [-0.1, -0.05) is 42.0 Å². The van der Waals surface area contributed by atoms with Gasteiger partial charge in [-0.15, -0.1) is 0 Å². The van der Waals surface area contributed by atoms with Gasteiger partial charge in [0.25, 0.3) is 0 Å². The summed E-state index contributed by atoms with van der Waals surface area (Å²) in [7, 11) is 0. The van der Waals surface area contributed by atoms with Crippen LogP contribution in [0.1, 0.15) is 45.5 Å². The number of carbonyl (C=O) groups is 4. The number of fused-ring (bicyclic) bond motifs is 1. The first kappa shape index (κ1) is 44.8. The number of nitrogens with zero attached hydrogens (tertiary/aromatic N) is 2. The smallest absolute Gasteiger partial charge is 0.475 e. The van der Waals surface area contributed by atoms with E-state index in [-0.39, 0.29) is 0 Å². The Morgan fingerprint density at radius 1 is 0.667 bits per heavy atom. The lowest BCUT2D eigenvalue weighted by Crippen LogP contribution is -2.46. The van der Waals surface area contributed by atoms with Crippen LogP contribution in [0.15, 0.2) is 42.5 Å². The van der Waals surface area contributed by atoms with Crippen LogP contribution in [0.2, 0.25) is 0 Å². The maximum Gasteiger partial charge on any atom is 0.490 e. The summed E-state index contributed by atoms with van der Waals surface area (Å²) < 4.78 is 95.2. The number of carboxylic acids is 3. The number of hydrogen-bond acceptors (Lipinski definition) is 7. The fourth-order valence-electron chi connectivity index (χ4n) is 4.58. The molecule has 51 heavy (non-hydrogen) atoms. The second kappa shape index (κ2) is 20.6. The highest BCUT2D eigenvalue weighted by atomic mass is 19.4. The summed E-state index contributed by atoms with van der Waals surface area (Å²) in [5, 5.41) is 24.8. The van der Waals surface area contributed by atoms with Gasteiger partial charge in [0.05, 0.1) is 0 Å². The molecule has 0 amide bonds. The Morgan fingerprint density at radius 2 is 1.10 bits per heavy atom. The summed E-state index contributed by atoms with van der Waals surface area (Å²) in [6.07, 6.45) is -11.5. The van der Waals surface area contributed by atoms with Crippen LogP contribution in [-0.4, -0.2) is 113 Å². The highest BCUT2D eigenvalue weighted by Gasteiger charge is 2.39. The predicted molar refractivity (Wildman–Crippen MR) is 164 cm³/mol. The van der Waals surface area contributed by atoms with Gasteiger partial charge in [-0.3, -0.25) is 9.69 Å². The van der Waals surface area contributed by atoms with Crippen molar-refractivity contribution < 1.29 is 74.0 Å². The molecule has 0 bridgehead atoms. The molecule has 0 aromatic heterocycles. The van der Waals surface area contributed by atoms with Crippen LogP contribution >= 0.6 is 0 Å². The fourth-order valence-corrected chi connectivity index (χ4v) is 4.58. The Labute approximate surface area is 286 Å². The Hall–Kier alpha value is -4.23. The molecule has 286 valence electrons. The average molecular weight is 748 g/mol. The molecule has 2 aromatic carbocycles. The van der Waals surface area contributed by atoms with E-state index in [0.29, 0.717) is 12.2 Å². The number of aryl methyl sites for hydroxylation is 1. The van der Waals surface area contributed by atoms with Crippen molar-refractivity contribution in [1.82, 2.24) is 15.1 Å². The summed E-state index contributed by atoms with van der Waals surface area (Å²) in [5.41, 5.74) is 6.38. The van der Waals surface area contributed by atoms with Gasteiger partial charge < -0.3 is 25.5 Å². The van der Waals surface area contributed by atoms with E-state index in [1.165, 1.54) is 22.3 Å². The molecule has 19 heteroatoms. The van der Waals surface area contributed by atoms with Crippen molar-refractivity contribution in [3.8, 4) is 0 Å². The molecule has 0 spiro atoms. The van der Waals surface area contributed by atoms with Gasteiger partial charge >= 0.3 is 36.4 Å². The van der Waals surface area contributed by atoms with Crippen molar-refractivity contribution in [3.05, 3.63) is 70.3 Å². The number of hydrogen-bond donors (Lipinski definition) is 4. The van der Waals surface area contributed by atoms with E-state index in [4.69, 9.17) is 29.7 Å². The highest BCUT2D eigenvalue weighted by Crippen LogP contribution is 2.18. The van der Waals surface area contributed by atoms with E-state index in [1.54, 1.807) is 0 Å². The lowest BCUT2D eigenvalue weighted by Gasteiger charge is -2.34. The number of piperazine rings is 1. The molecule has 0 aliphatic carbocycles. The molecule has 2 aromatic rings. The van der Waals surface area contributed by atoms with Crippen molar-refractivity contribution in [3.63, 3.8) is 0 Å². The monoisotopic (exact) mass is 747 g/mol. The van der Waals surface area contributed by atoms with E-state index in [9.17, 15) is 44.3 Å². The number of carboxylic acid groups (broad SMARTS) is 3. The third-order valence-corrected chi connectivity index (χ3v) is 7.27. The number of benzene rings is 2. The molecule has 10 nitrogen and oxygen atoms in total. The first-order chi connectivity index (χ1) is 23.5. The minimum absolute atomic E-state index is 0.299. The lowest BCUT2D eigenvalue weighted by atomic mass is 9.97. The van der Waals surface area contributed by atoms with Gasteiger partial charge in [0.2, 0.25) is 0 Å². The Balaban J connectivity index is 0.000000505. The second-order valence-corrected chi connectivity index (χ2v) is 11.3. The molecule has 0 saturated carbocycles. The number of aliphatic carboxylic acids is 3. The standard InChI is InChI=1S/C26H35N3O.3C2HF3O2/c1-21-4-6-22(7-5-21)20-29-17-15-28(16-18-29)14-2-3-26(30)25-9-8-23-10-12-27-13-11-24(23)19-25;3*3-2(4,5)1(6)7/h4-9,19,27H,2-3,10-18,20H2,1H3;3*(H,6,7). The normalized spacial score (nSPS) is 15.3. The van der Waals surface area contributed by atoms with Crippen LogP contribution in [0.3, 0.4) is 0 Å². The van der Waals surface area contributed by atoms with Crippen LogP contribution in [0.5, 0.6) is 0 Å².